The fourth-order valence-electron chi connectivity index (χ4n) is 2.60. The predicted octanol–water partition coefficient (Wildman–Crippen LogP) is 3.28. The minimum atomic E-state index is -0.859. The quantitative estimate of drug-likeness (QED) is 0.907. The molecule has 2 fully saturated rings. The molecule has 0 radical (unpaired) electrons. The van der Waals surface area contributed by atoms with Crippen LogP contribution in [0.2, 0.25) is 0 Å². The third-order valence-corrected chi connectivity index (χ3v) is 4.40. The molecular weight excluding hydrogens is 310 g/mol. The van der Waals surface area contributed by atoms with E-state index in [0.29, 0.717) is 19.1 Å². The van der Waals surface area contributed by atoms with Gasteiger partial charge in [-0.1, -0.05) is 28.1 Å². The third-order valence-electron chi connectivity index (χ3n) is 3.87. The van der Waals surface area contributed by atoms with E-state index in [1.165, 1.54) is 17.7 Å². The van der Waals surface area contributed by atoms with E-state index in [1.807, 2.05) is 24.3 Å². The maximum atomic E-state index is 11.5. The van der Waals surface area contributed by atoms with Crippen LogP contribution in [0.1, 0.15) is 24.4 Å². The van der Waals surface area contributed by atoms with Crippen molar-refractivity contribution in [2.24, 2.45) is 5.92 Å². The minimum absolute atomic E-state index is 0.0859. The van der Waals surface area contributed by atoms with Gasteiger partial charge in [0.15, 0.2) is 0 Å². The molecule has 1 aliphatic carbocycles. The fourth-order valence-corrected chi connectivity index (χ4v) is 2.87. The molecule has 1 heterocycles. The second kappa shape index (κ2) is 5.13. The molecule has 1 saturated carbocycles. The number of morpholine rings is 1. The van der Waals surface area contributed by atoms with Crippen molar-refractivity contribution in [2.75, 3.05) is 13.2 Å². The standard InChI is InChI=1S/C14H16BrNO3/c15-11-5-3-9(4-6-11)12-8-19-13(10-1-2-10)7-16(12)14(17)18/h3-6,10,12-13H,1-2,7-8H2,(H,17,18)/t12-,13+/m1/s1. The van der Waals surface area contributed by atoms with Gasteiger partial charge in [-0.3, -0.25) is 4.90 Å². The van der Waals surface area contributed by atoms with Crippen molar-refractivity contribution in [2.45, 2.75) is 25.0 Å². The minimum Gasteiger partial charge on any atom is -0.465 e. The lowest BCUT2D eigenvalue weighted by molar-refractivity contribution is -0.0639. The number of amides is 1. The van der Waals surface area contributed by atoms with Crippen LogP contribution >= 0.6 is 15.9 Å². The maximum absolute atomic E-state index is 11.5. The molecule has 1 N–H and O–H groups in total. The summed E-state index contributed by atoms with van der Waals surface area (Å²) in [6.45, 7) is 0.940. The van der Waals surface area contributed by atoms with Crippen molar-refractivity contribution in [1.29, 1.82) is 0 Å². The zero-order chi connectivity index (χ0) is 13.4. The number of hydrogen-bond acceptors (Lipinski definition) is 2. The second-order valence-electron chi connectivity index (χ2n) is 5.21. The Labute approximate surface area is 120 Å². The Bertz CT molecular complexity index is 472. The summed E-state index contributed by atoms with van der Waals surface area (Å²) < 4.78 is 6.85. The number of ether oxygens (including phenoxy) is 1. The Balaban J connectivity index is 1.79. The van der Waals surface area contributed by atoms with Crippen LogP contribution in [0.5, 0.6) is 0 Å². The highest BCUT2D eigenvalue weighted by Crippen LogP contribution is 2.38. The SMILES string of the molecule is O=C(O)N1C[C@@H](C2CC2)OC[C@@H]1c1ccc(Br)cc1. The van der Waals surface area contributed by atoms with E-state index < -0.39 is 6.09 Å². The first-order chi connectivity index (χ1) is 9.15. The topological polar surface area (TPSA) is 49.8 Å². The van der Waals surface area contributed by atoms with Gasteiger partial charge in [0.05, 0.1) is 25.3 Å². The number of carbonyl (C=O) groups is 1. The van der Waals surface area contributed by atoms with Gasteiger partial charge in [0.25, 0.3) is 0 Å². The zero-order valence-corrected chi connectivity index (χ0v) is 12.0. The van der Waals surface area contributed by atoms with Gasteiger partial charge in [-0.05, 0) is 36.5 Å². The number of halogens is 1. The third kappa shape index (κ3) is 2.77. The molecule has 0 bridgehead atoms. The lowest BCUT2D eigenvalue weighted by atomic mass is 10.0. The van der Waals surface area contributed by atoms with Crippen molar-refractivity contribution in [3.8, 4) is 0 Å². The van der Waals surface area contributed by atoms with E-state index in [2.05, 4.69) is 15.9 Å². The first-order valence-electron chi connectivity index (χ1n) is 6.52. The van der Waals surface area contributed by atoms with Gasteiger partial charge in [-0.2, -0.15) is 0 Å². The normalized spacial score (nSPS) is 27.3. The van der Waals surface area contributed by atoms with E-state index in [4.69, 9.17) is 4.74 Å². The molecule has 2 aliphatic rings. The van der Waals surface area contributed by atoms with Crippen molar-refractivity contribution in [3.05, 3.63) is 34.3 Å². The van der Waals surface area contributed by atoms with E-state index in [0.717, 1.165) is 10.0 Å². The molecule has 0 aromatic heterocycles. The number of hydrogen-bond donors (Lipinski definition) is 1. The van der Waals surface area contributed by atoms with Crippen LogP contribution in [0.25, 0.3) is 0 Å². The summed E-state index contributed by atoms with van der Waals surface area (Å²) in [5.74, 6) is 0.563. The molecule has 19 heavy (non-hydrogen) atoms. The lowest BCUT2D eigenvalue weighted by Gasteiger charge is -2.38. The lowest BCUT2D eigenvalue weighted by Crippen LogP contribution is -2.47. The summed E-state index contributed by atoms with van der Waals surface area (Å²) >= 11 is 3.39. The highest BCUT2D eigenvalue weighted by Gasteiger charge is 2.40. The summed E-state index contributed by atoms with van der Waals surface area (Å²) in [7, 11) is 0. The molecule has 2 atom stereocenters. The molecule has 4 nitrogen and oxygen atoms in total. The smallest absolute Gasteiger partial charge is 0.407 e. The molecule has 1 saturated heterocycles. The Morgan fingerprint density at radius 2 is 2.00 bits per heavy atom. The van der Waals surface area contributed by atoms with Crippen molar-refractivity contribution >= 4 is 22.0 Å². The molecule has 1 aliphatic heterocycles. The highest BCUT2D eigenvalue weighted by atomic mass is 79.9. The van der Waals surface area contributed by atoms with Gasteiger partial charge < -0.3 is 9.84 Å². The van der Waals surface area contributed by atoms with Crippen LogP contribution in [0, 0.1) is 5.92 Å². The Morgan fingerprint density at radius 3 is 2.58 bits per heavy atom. The highest BCUT2D eigenvalue weighted by molar-refractivity contribution is 9.10. The van der Waals surface area contributed by atoms with Gasteiger partial charge in [-0.15, -0.1) is 0 Å². The molecule has 1 aromatic carbocycles. The second-order valence-corrected chi connectivity index (χ2v) is 6.13. The summed E-state index contributed by atoms with van der Waals surface area (Å²) in [5, 5.41) is 9.41. The molecule has 1 amide bonds. The fraction of sp³-hybridized carbons (Fsp3) is 0.500. The molecule has 0 spiro atoms. The molecule has 1 aromatic rings. The number of rotatable bonds is 2. The zero-order valence-electron chi connectivity index (χ0n) is 10.5. The Kier molecular flexibility index (Phi) is 3.50. The maximum Gasteiger partial charge on any atom is 0.407 e. The van der Waals surface area contributed by atoms with Crippen LogP contribution in [0.4, 0.5) is 4.79 Å². The first kappa shape index (κ1) is 12.9. The van der Waals surface area contributed by atoms with Crippen LogP contribution in [-0.2, 0) is 4.74 Å². The van der Waals surface area contributed by atoms with Crippen LogP contribution in [0.15, 0.2) is 28.7 Å². The average molecular weight is 326 g/mol. The van der Waals surface area contributed by atoms with E-state index >= 15 is 0 Å². The monoisotopic (exact) mass is 325 g/mol. The van der Waals surface area contributed by atoms with Crippen LogP contribution in [-0.4, -0.2) is 35.4 Å². The van der Waals surface area contributed by atoms with Crippen molar-refractivity contribution in [1.82, 2.24) is 4.90 Å². The predicted molar refractivity (Wildman–Crippen MR) is 74.1 cm³/mol. The number of benzene rings is 1. The molecule has 0 unspecified atom stereocenters. The first-order valence-corrected chi connectivity index (χ1v) is 7.31. The molecule has 102 valence electrons. The van der Waals surface area contributed by atoms with Gasteiger partial charge >= 0.3 is 6.09 Å². The molecule has 5 heteroatoms. The van der Waals surface area contributed by atoms with Gasteiger partial charge in [-0.25, -0.2) is 4.79 Å². The summed E-state index contributed by atoms with van der Waals surface area (Å²) in [4.78, 5) is 13.0. The van der Waals surface area contributed by atoms with E-state index in [-0.39, 0.29) is 12.1 Å². The van der Waals surface area contributed by atoms with E-state index in [9.17, 15) is 9.90 Å². The summed E-state index contributed by atoms with van der Waals surface area (Å²) in [6, 6.07) is 7.57. The van der Waals surface area contributed by atoms with Gasteiger partial charge in [0, 0.05) is 4.47 Å². The Morgan fingerprint density at radius 1 is 1.32 bits per heavy atom. The summed E-state index contributed by atoms with van der Waals surface area (Å²) in [6.07, 6.45) is 1.56. The number of carboxylic acid groups (broad SMARTS) is 1. The van der Waals surface area contributed by atoms with Crippen molar-refractivity contribution < 1.29 is 14.6 Å². The summed E-state index contributed by atoms with van der Waals surface area (Å²) in [5.41, 5.74) is 0.986. The molecular formula is C14H16BrNO3. The van der Waals surface area contributed by atoms with Gasteiger partial charge in [0.2, 0.25) is 0 Å². The molecule has 3 rings (SSSR count). The largest absolute Gasteiger partial charge is 0.465 e. The van der Waals surface area contributed by atoms with Crippen LogP contribution in [0.3, 0.4) is 0 Å². The average Bonchev–Trinajstić information content (AvgIpc) is 3.23. The van der Waals surface area contributed by atoms with Crippen molar-refractivity contribution in [3.63, 3.8) is 0 Å². The van der Waals surface area contributed by atoms with Crippen LogP contribution < -0.4 is 0 Å². The van der Waals surface area contributed by atoms with E-state index in [1.54, 1.807) is 0 Å². The Hall–Kier alpha value is -1.07. The van der Waals surface area contributed by atoms with Gasteiger partial charge in [0.1, 0.15) is 0 Å². The number of nitrogens with zero attached hydrogens (tertiary/aromatic N) is 1.